The zero-order chi connectivity index (χ0) is 15.1. The van der Waals surface area contributed by atoms with Crippen LogP contribution < -0.4 is 15.4 Å². The van der Waals surface area contributed by atoms with Gasteiger partial charge in [-0.25, -0.2) is 0 Å². The first-order valence-corrected chi connectivity index (χ1v) is 8.08. The van der Waals surface area contributed by atoms with Gasteiger partial charge in [0, 0.05) is 13.1 Å². The van der Waals surface area contributed by atoms with Crippen LogP contribution in [0.3, 0.4) is 0 Å². The van der Waals surface area contributed by atoms with Crippen molar-refractivity contribution in [3.8, 4) is 6.01 Å². The van der Waals surface area contributed by atoms with Gasteiger partial charge in [-0.05, 0) is 38.0 Å². The molecule has 1 fully saturated rings. The summed E-state index contributed by atoms with van der Waals surface area (Å²) in [5, 5.41) is 6.39. The minimum Gasteiger partial charge on any atom is -0.463 e. The molecule has 6 heteroatoms. The van der Waals surface area contributed by atoms with E-state index in [-0.39, 0.29) is 0 Å². The molecule has 118 valence electrons. The topological polar surface area (TPSA) is 72.0 Å². The molecule has 0 amide bonds. The monoisotopic (exact) mass is 293 g/mol. The van der Waals surface area contributed by atoms with Crippen molar-refractivity contribution in [2.75, 3.05) is 24.3 Å². The molecule has 0 unspecified atom stereocenters. The molecule has 0 radical (unpaired) electrons. The van der Waals surface area contributed by atoms with Crippen LogP contribution in [0.5, 0.6) is 6.01 Å². The largest absolute Gasteiger partial charge is 0.463 e. The van der Waals surface area contributed by atoms with Gasteiger partial charge in [-0.1, -0.05) is 20.3 Å². The van der Waals surface area contributed by atoms with Crippen LogP contribution in [0.25, 0.3) is 0 Å². The number of nitrogens with one attached hydrogen (secondary N) is 2. The Hall–Kier alpha value is -1.59. The van der Waals surface area contributed by atoms with Gasteiger partial charge in [-0.2, -0.15) is 15.0 Å². The lowest BCUT2D eigenvalue weighted by Gasteiger charge is -2.28. The van der Waals surface area contributed by atoms with Gasteiger partial charge in [-0.15, -0.1) is 0 Å². The van der Waals surface area contributed by atoms with Crippen LogP contribution in [0.4, 0.5) is 11.9 Å². The van der Waals surface area contributed by atoms with Crippen molar-refractivity contribution >= 4 is 11.9 Å². The van der Waals surface area contributed by atoms with Crippen molar-refractivity contribution in [1.29, 1.82) is 0 Å². The number of rotatable bonds is 7. The van der Waals surface area contributed by atoms with Crippen molar-refractivity contribution in [3.63, 3.8) is 0 Å². The van der Waals surface area contributed by atoms with Gasteiger partial charge in [0.05, 0.1) is 6.61 Å². The first kappa shape index (κ1) is 15.8. The predicted molar refractivity (Wildman–Crippen MR) is 84.8 cm³/mol. The molecule has 0 aromatic carbocycles. The molecule has 1 saturated carbocycles. The highest BCUT2D eigenvalue weighted by molar-refractivity contribution is 5.36. The Balaban J connectivity index is 1.98. The molecule has 6 nitrogen and oxygen atoms in total. The van der Waals surface area contributed by atoms with Crippen molar-refractivity contribution in [1.82, 2.24) is 15.0 Å². The van der Waals surface area contributed by atoms with Crippen LogP contribution in [-0.2, 0) is 0 Å². The van der Waals surface area contributed by atoms with E-state index in [0.29, 0.717) is 30.6 Å². The number of aromatic nitrogens is 3. The van der Waals surface area contributed by atoms with Crippen molar-refractivity contribution < 1.29 is 4.74 Å². The van der Waals surface area contributed by atoms with E-state index in [1.807, 2.05) is 0 Å². The number of ether oxygens (including phenoxy) is 1. The van der Waals surface area contributed by atoms with Crippen LogP contribution in [-0.4, -0.2) is 34.6 Å². The smallest absolute Gasteiger partial charge is 0.323 e. The minimum atomic E-state index is 0.390. The van der Waals surface area contributed by atoms with Gasteiger partial charge >= 0.3 is 6.01 Å². The highest BCUT2D eigenvalue weighted by atomic mass is 16.5. The zero-order valence-electron chi connectivity index (χ0n) is 13.4. The molecule has 1 heterocycles. The molecule has 0 atom stereocenters. The Kier molecular flexibility index (Phi) is 6.02. The Morgan fingerprint density at radius 3 is 2.38 bits per heavy atom. The summed E-state index contributed by atoms with van der Waals surface area (Å²) in [6, 6.07) is 0.847. The Bertz CT molecular complexity index is 432. The maximum Gasteiger partial charge on any atom is 0.323 e. The van der Waals surface area contributed by atoms with Crippen LogP contribution in [0.1, 0.15) is 52.4 Å². The van der Waals surface area contributed by atoms with Gasteiger partial charge in [0.15, 0.2) is 0 Å². The van der Waals surface area contributed by atoms with E-state index >= 15 is 0 Å². The molecule has 2 N–H and O–H groups in total. The second-order valence-corrected chi connectivity index (χ2v) is 5.63. The summed E-state index contributed by atoms with van der Waals surface area (Å²) < 4.78 is 5.52. The van der Waals surface area contributed by atoms with Crippen LogP contribution in [0.15, 0.2) is 0 Å². The average Bonchev–Trinajstić information content (AvgIpc) is 2.53. The van der Waals surface area contributed by atoms with Gasteiger partial charge < -0.3 is 15.4 Å². The Morgan fingerprint density at radius 1 is 1.05 bits per heavy atom. The fourth-order valence-electron chi connectivity index (χ4n) is 2.69. The van der Waals surface area contributed by atoms with Crippen LogP contribution >= 0.6 is 0 Å². The lowest BCUT2D eigenvalue weighted by molar-refractivity contribution is 0.291. The second-order valence-electron chi connectivity index (χ2n) is 5.63. The lowest BCUT2D eigenvalue weighted by atomic mass is 9.85. The molecular weight excluding hydrogens is 266 g/mol. The number of nitrogens with zero attached hydrogens (tertiary/aromatic N) is 3. The molecule has 2 rings (SSSR count). The summed E-state index contributed by atoms with van der Waals surface area (Å²) in [6.07, 6.45) is 7.17. The Labute approximate surface area is 127 Å². The summed E-state index contributed by atoms with van der Waals surface area (Å²) >= 11 is 0. The number of hydrogen-bond donors (Lipinski definition) is 2. The van der Waals surface area contributed by atoms with Crippen LogP contribution in [0.2, 0.25) is 0 Å². The second kappa shape index (κ2) is 8.00. The van der Waals surface area contributed by atoms with Crippen molar-refractivity contribution in [2.45, 2.75) is 58.4 Å². The Morgan fingerprint density at radius 2 is 1.76 bits per heavy atom. The van der Waals surface area contributed by atoms with E-state index in [0.717, 1.165) is 12.3 Å². The number of hydrogen-bond acceptors (Lipinski definition) is 6. The molecule has 0 spiro atoms. The normalized spacial score (nSPS) is 21.9. The van der Waals surface area contributed by atoms with E-state index in [1.54, 1.807) is 7.05 Å². The molecule has 0 saturated heterocycles. The average molecular weight is 293 g/mol. The van der Waals surface area contributed by atoms with Gasteiger partial charge in [0.1, 0.15) is 0 Å². The molecule has 1 aromatic rings. The summed E-state index contributed by atoms with van der Waals surface area (Å²) in [7, 11) is 1.80. The highest BCUT2D eigenvalue weighted by Gasteiger charge is 2.21. The van der Waals surface area contributed by atoms with Crippen molar-refractivity contribution in [2.24, 2.45) is 5.92 Å². The molecule has 1 aliphatic carbocycles. The van der Waals surface area contributed by atoms with E-state index < -0.39 is 0 Å². The third-order valence-corrected chi connectivity index (χ3v) is 4.03. The fraction of sp³-hybridized carbons (Fsp3) is 0.800. The van der Waals surface area contributed by atoms with Gasteiger partial charge in [0.2, 0.25) is 11.9 Å². The lowest BCUT2D eigenvalue weighted by Crippen LogP contribution is -2.27. The van der Waals surface area contributed by atoms with E-state index in [1.165, 1.54) is 32.1 Å². The maximum absolute atomic E-state index is 5.52. The zero-order valence-corrected chi connectivity index (χ0v) is 13.4. The molecule has 21 heavy (non-hydrogen) atoms. The first-order chi connectivity index (χ1) is 10.2. The molecule has 0 bridgehead atoms. The van der Waals surface area contributed by atoms with Gasteiger partial charge in [0.25, 0.3) is 0 Å². The third kappa shape index (κ3) is 4.72. The van der Waals surface area contributed by atoms with E-state index in [2.05, 4.69) is 39.4 Å². The molecule has 0 aliphatic heterocycles. The summed E-state index contributed by atoms with van der Waals surface area (Å²) in [5.74, 6) is 2.04. The molecule has 1 aliphatic rings. The van der Waals surface area contributed by atoms with Crippen molar-refractivity contribution in [3.05, 3.63) is 0 Å². The molecular formula is C15H27N5O. The number of anilines is 2. The highest BCUT2D eigenvalue weighted by Crippen LogP contribution is 2.28. The third-order valence-electron chi connectivity index (χ3n) is 4.03. The summed E-state index contributed by atoms with van der Waals surface area (Å²) in [4.78, 5) is 12.9. The van der Waals surface area contributed by atoms with Crippen LogP contribution in [0, 0.1) is 5.92 Å². The summed E-state index contributed by atoms with van der Waals surface area (Å²) in [5.41, 5.74) is 0. The van der Waals surface area contributed by atoms with Gasteiger partial charge in [-0.3, -0.25) is 0 Å². The first-order valence-electron chi connectivity index (χ1n) is 8.08. The maximum atomic E-state index is 5.52. The summed E-state index contributed by atoms with van der Waals surface area (Å²) in [6.45, 7) is 4.96. The van der Waals surface area contributed by atoms with E-state index in [4.69, 9.17) is 4.74 Å². The SMILES string of the molecule is CCCOc1nc(NC)nc(NC2CCC(CC)CC2)n1. The minimum absolute atomic E-state index is 0.390. The van der Waals surface area contributed by atoms with E-state index in [9.17, 15) is 0 Å². The predicted octanol–water partition coefficient (Wildman–Crippen LogP) is 3.08. The fourth-order valence-corrected chi connectivity index (χ4v) is 2.69. The standard InChI is InChI=1S/C15H27N5O/c1-4-10-21-15-19-13(16-3)18-14(20-15)17-12-8-6-11(5-2)7-9-12/h11-12H,4-10H2,1-3H3,(H2,16,17,18,19,20). The molecule has 1 aromatic heterocycles. The quantitative estimate of drug-likeness (QED) is 0.805.